The number of amides is 1. The maximum atomic E-state index is 13.2. The summed E-state index contributed by atoms with van der Waals surface area (Å²) >= 11 is 1.38. The molecule has 2 atom stereocenters. The summed E-state index contributed by atoms with van der Waals surface area (Å²) in [5.74, 6) is 0. The van der Waals surface area contributed by atoms with E-state index in [2.05, 4.69) is 4.98 Å². The molecule has 0 bridgehead atoms. The lowest BCUT2D eigenvalue weighted by atomic mass is 9.99. The number of ether oxygens (including phenoxy) is 1. The van der Waals surface area contributed by atoms with Gasteiger partial charge in [0.15, 0.2) is 0 Å². The van der Waals surface area contributed by atoms with E-state index < -0.39 is 23.8 Å². The second kappa shape index (κ2) is 9.87. The minimum Gasteiger partial charge on any atom is -0.444 e. The van der Waals surface area contributed by atoms with Crippen molar-refractivity contribution in [3.63, 3.8) is 0 Å². The predicted octanol–water partition coefficient (Wildman–Crippen LogP) is 5.23. The molecule has 1 heterocycles. The Morgan fingerprint density at radius 2 is 1.67 bits per heavy atom. The first kappa shape index (κ1) is 22.0. The summed E-state index contributed by atoms with van der Waals surface area (Å²) in [6.07, 6.45) is 0.759. The molecule has 0 radical (unpaired) electrons. The smallest absolute Gasteiger partial charge is 0.410 e. The van der Waals surface area contributed by atoms with Crippen LogP contribution in [0.25, 0.3) is 0 Å². The number of aromatic nitrogens is 1. The van der Waals surface area contributed by atoms with Gasteiger partial charge < -0.3 is 9.84 Å². The maximum Gasteiger partial charge on any atom is 0.410 e. The zero-order chi connectivity index (χ0) is 21.6. The standard InChI is InChI=1S/C24H28N2O3S/c1-24(2,3)29-23(28)26(17-19-12-8-5-9-13-19)20(16-18-10-6-4-7-11-18)21(27)22-25-14-15-30-22/h4-15,20-21,27H,16-17H2,1-3H3/t20-,21-/m0/s1. The first-order valence-corrected chi connectivity index (χ1v) is 10.9. The molecular formula is C24H28N2O3S. The van der Waals surface area contributed by atoms with Crippen LogP contribution in [0.5, 0.6) is 0 Å². The molecule has 2 aromatic carbocycles. The van der Waals surface area contributed by atoms with Gasteiger partial charge in [-0.15, -0.1) is 11.3 Å². The highest BCUT2D eigenvalue weighted by atomic mass is 32.1. The summed E-state index contributed by atoms with van der Waals surface area (Å²) in [4.78, 5) is 19.2. The van der Waals surface area contributed by atoms with Crippen LogP contribution in [0.15, 0.2) is 72.2 Å². The van der Waals surface area contributed by atoms with Crippen LogP contribution in [0.4, 0.5) is 4.79 Å². The summed E-state index contributed by atoms with van der Waals surface area (Å²) in [6, 6.07) is 19.1. The topological polar surface area (TPSA) is 62.7 Å². The van der Waals surface area contributed by atoms with E-state index in [4.69, 9.17) is 4.74 Å². The lowest BCUT2D eigenvalue weighted by molar-refractivity contribution is -0.00933. The number of nitrogens with zero attached hydrogens (tertiary/aromatic N) is 2. The molecule has 0 saturated heterocycles. The monoisotopic (exact) mass is 424 g/mol. The van der Waals surface area contributed by atoms with E-state index in [-0.39, 0.29) is 0 Å². The van der Waals surface area contributed by atoms with Crippen molar-refractivity contribution in [1.29, 1.82) is 0 Å². The van der Waals surface area contributed by atoms with Crippen LogP contribution in [0.3, 0.4) is 0 Å². The van der Waals surface area contributed by atoms with Crippen LogP contribution in [0.1, 0.15) is 43.0 Å². The Morgan fingerprint density at radius 1 is 1.07 bits per heavy atom. The van der Waals surface area contributed by atoms with Gasteiger partial charge in [-0.05, 0) is 38.3 Å². The molecule has 5 nitrogen and oxygen atoms in total. The molecule has 0 aliphatic carbocycles. The van der Waals surface area contributed by atoms with E-state index in [9.17, 15) is 9.90 Å². The third-order valence-corrected chi connectivity index (χ3v) is 5.43. The summed E-state index contributed by atoms with van der Waals surface area (Å²) < 4.78 is 5.72. The first-order valence-electron chi connectivity index (χ1n) is 9.98. The highest BCUT2D eigenvalue weighted by Gasteiger charge is 2.35. The number of aliphatic hydroxyl groups is 1. The minimum absolute atomic E-state index is 0.329. The number of hydrogen-bond donors (Lipinski definition) is 1. The van der Waals surface area contributed by atoms with E-state index in [0.717, 1.165) is 11.1 Å². The van der Waals surface area contributed by atoms with Gasteiger partial charge in [0, 0.05) is 18.1 Å². The largest absolute Gasteiger partial charge is 0.444 e. The van der Waals surface area contributed by atoms with Crippen LogP contribution in [-0.4, -0.2) is 32.7 Å². The molecule has 1 amide bonds. The van der Waals surface area contributed by atoms with Crippen molar-refractivity contribution in [3.8, 4) is 0 Å². The number of thiazole rings is 1. The van der Waals surface area contributed by atoms with Crippen molar-refractivity contribution >= 4 is 17.4 Å². The fourth-order valence-corrected chi connectivity index (χ4v) is 3.89. The Bertz CT molecular complexity index is 909. The van der Waals surface area contributed by atoms with Gasteiger partial charge in [0.05, 0.1) is 6.04 Å². The van der Waals surface area contributed by atoms with Gasteiger partial charge in [-0.2, -0.15) is 0 Å². The lowest BCUT2D eigenvalue weighted by Gasteiger charge is -2.35. The maximum absolute atomic E-state index is 13.2. The molecule has 0 aliphatic heterocycles. The molecule has 3 rings (SSSR count). The summed E-state index contributed by atoms with van der Waals surface area (Å²) in [7, 11) is 0. The van der Waals surface area contributed by atoms with Crippen LogP contribution >= 0.6 is 11.3 Å². The fourth-order valence-electron chi connectivity index (χ4n) is 3.21. The van der Waals surface area contributed by atoms with Gasteiger partial charge in [0.25, 0.3) is 0 Å². The lowest BCUT2D eigenvalue weighted by Crippen LogP contribution is -2.46. The average molecular weight is 425 g/mol. The quantitative estimate of drug-likeness (QED) is 0.564. The molecule has 6 heteroatoms. The zero-order valence-corrected chi connectivity index (χ0v) is 18.4. The fraction of sp³-hybridized carbons (Fsp3) is 0.333. The Morgan fingerprint density at radius 3 is 2.20 bits per heavy atom. The second-order valence-electron chi connectivity index (χ2n) is 8.17. The molecule has 3 aromatic rings. The van der Waals surface area contributed by atoms with Crippen LogP contribution in [-0.2, 0) is 17.7 Å². The summed E-state index contributed by atoms with van der Waals surface area (Å²) in [5.41, 5.74) is 1.35. The van der Waals surface area contributed by atoms with Crippen molar-refractivity contribution in [1.82, 2.24) is 9.88 Å². The van der Waals surface area contributed by atoms with Gasteiger partial charge >= 0.3 is 6.09 Å². The third-order valence-electron chi connectivity index (χ3n) is 4.58. The Balaban J connectivity index is 1.98. The summed E-state index contributed by atoms with van der Waals surface area (Å²) in [6.45, 7) is 5.86. The number of hydrogen-bond acceptors (Lipinski definition) is 5. The molecule has 1 N–H and O–H groups in total. The number of carbonyl (C=O) groups excluding carboxylic acids is 1. The second-order valence-corrected chi connectivity index (χ2v) is 9.09. The molecule has 1 aromatic heterocycles. The average Bonchev–Trinajstić information content (AvgIpc) is 3.25. The van der Waals surface area contributed by atoms with Crippen LogP contribution in [0, 0.1) is 0 Å². The van der Waals surface area contributed by atoms with Crippen molar-refractivity contribution in [3.05, 3.63) is 88.4 Å². The Hall–Kier alpha value is -2.70. The highest BCUT2D eigenvalue weighted by Crippen LogP contribution is 2.28. The van der Waals surface area contributed by atoms with E-state index in [1.165, 1.54) is 11.3 Å². The molecule has 30 heavy (non-hydrogen) atoms. The van der Waals surface area contributed by atoms with Crippen LogP contribution in [0.2, 0.25) is 0 Å². The Labute approximate surface area is 182 Å². The number of rotatable bonds is 7. The Kier molecular flexibility index (Phi) is 7.24. The predicted molar refractivity (Wildman–Crippen MR) is 119 cm³/mol. The number of benzene rings is 2. The first-order chi connectivity index (χ1) is 14.3. The van der Waals surface area contributed by atoms with Crippen molar-refractivity contribution < 1.29 is 14.6 Å². The third kappa shape index (κ3) is 6.15. The molecule has 0 saturated carbocycles. The van der Waals surface area contributed by atoms with Gasteiger partial charge in [-0.3, -0.25) is 4.90 Å². The highest BCUT2D eigenvalue weighted by molar-refractivity contribution is 7.09. The van der Waals surface area contributed by atoms with Crippen molar-refractivity contribution in [2.45, 2.75) is 51.5 Å². The van der Waals surface area contributed by atoms with Crippen molar-refractivity contribution in [2.24, 2.45) is 0 Å². The van der Waals surface area contributed by atoms with Gasteiger partial charge in [0.1, 0.15) is 16.7 Å². The molecule has 0 aliphatic rings. The van der Waals surface area contributed by atoms with E-state index in [1.807, 2.05) is 86.8 Å². The minimum atomic E-state index is -0.929. The normalized spacial score (nSPS) is 13.5. The molecular weight excluding hydrogens is 396 g/mol. The molecule has 0 spiro atoms. The SMILES string of the molecule is CC(C)(C)OC(=O)N(Cc1ccccc1)[C@@H](Cc1ccccc1)[C@H](O)c1nccs1. The zero-order valence-electron chi connectivity index (χ0n) is 17.6. The van der Waals surface area contributed by atoms with Gasteiger partial charge in [0.2, 0.25) is 0 Å². The van der Waals surface area contributed by atoms with E-state index in [0.29, 0.717) is 18.0 Å². The molecule has 0 fully saturated rings. The van der Waals surface area contributed by atoms with Crippen molar-refractivity contribution in [2.75, 3.05) is 0 Å². The van der Waals surface area contributed by atoms with Gasteiger partial charge in [-0.25, -0.2) is 9.78 Å². The number of aliphatic hydroxyl groups excluding tert-OH is 1. The van der Waals surface area contributed by atoms with Gasteiger partial charge in [-0.1, -0.05) is 60.7 Å². The molecule has 0 unspecified atom stereocenters. The van der Waals surface area contributed by atoms with Crippen LogP contribution < -0.4 is 0 Å². The molecule has 158 valence electrons. The number of carbonyl (C=O) groups is 1. The van der Waals surface area contributed by atoms with E-state index >= 15 is 0 Å². The summed E-state index contributed by atoms with van der Waals surface area (Å²) in [5, 5.41) is 13.6. The van der Waals surface area contributed by atoms with E-state index in [1.54, 1.807) is 11.1 Å².